The number of nitrogens with zero attached hydrogens (tertiary/aromatic N) is 1. The molecule has 9 nitrogen and oxygen atoms in total. The molecule has 1 fully saturated rings. The minimum Gasteiger partial charge on any atom is -0.497 e. The number of rotatable bonds is 8. The number of hydrogen-bond donors (Lipinski definition) is 2. The molecule has 0 unspecified atom stereocenters. The third-order valence-electron chi connectivity index (χ3n) is 5.58. The van der Waals surface area contributed by atoms with Crippen molar-refractivity contribution in [3.8, 4) is 11.5 Å². The summed E-state index contributed by atoms with van der Waals surface area (Å²) < 4.78 is 44.0. The highest BCUT2D eigenvalue weighted by molar-refractivity contribution is 7.92. The van der Waals surface area contributed by atoms with Crippen molar-refractivity contribution >= 4 is 33.0 Å². The maximum absolute atomic E-state index is 12.9. The monoisotopic (exact) mass is 497 g/mol. The van der Waals surface area contributed by atoms with Gasteiger partial charge in [0.05, 0.1) is 38.0 Å². The molecular weight excluding hydrogens is 470 g/mol. The zero-order valence-corrected chi connectivity index (χ0v) is 20.3. The molecular formula is C25H27N3O6S. The number of sulfonamides is 1. The average molecular weight is 498 g/mol. The second kappa shape index (κ2) is 10.7. The number of benzene rings is 3. The van der Waals surface area contributed by atoms with Gasteiger partial charge < -0.3 is 24.4 Å². The Balaban J connectivity index is 1.42. The standard InChI is InChI=1S/C25H27N3O6S/c1-32-21-9-12-24(33-2)23(17-21)27-35(30,31)22-10-5-19(6-11-22)26-25(29)18-3-7-20(8-4-18)28-13-15-34-16-14-28/h3-12,17,27H,13-16H2,1-2H3,(H,26,29). The van der Waals surface area contributed by atoms with Crippen LogP contribution in [0.5, 0.6) is 11.5 Å². The van der Waals surface area contributed by atoms with Crippen LogP contribution in [-0.4, -0.2) is 54.8 Å². The first-order valence-corrected chi connectivity index (χ1v) is 12.5. The predicted molar refractivity (Wildman–Crippen MR) is 134 cm³/mol. The maximum Gasteiger partial charge on any atom is 0.262 e. The number of anilines is 3. The lowest BCUT2D eigenvalue weighted by Gasteiger charge is -2.28. The summed E-state index contributed by atoms with van der Waals surface area (Å²) in [7, 11) is -0.952. The molecule has 0 aliphatic carbocycles. The largest absolute Gasteiger partial charge is 0.497 e. The van der Waals surface area contributed by atoms with Gasteiger partial charge in [0.25, 0.3) is 15.9 Å². The van der Waals surface area contributed by atoms with Crippen molar-refractivity contribution in [3.05, 3.63) is 72.3 Å². The number of nitrogens with one attached hydrogen (secondary N) is 2. The molecule has 0 aromatic heterocycles. The van der Waals surface area contributed by atoms with Crippen molar-refractivity contribution in [3.63, 3.8) is 0 Å². The fourth-order valence-electron chi connectivity index (χ4n) is 3.66. The third kappa shape index (κ3) is 5.84. The Morgan fingerprint density at radius 2 is 1.60 bits per heavy atom. The minimum absolute atomic E-state index is 0.0373. The first kappa shape index (κ1) is 24.4. The quantitative estimate of drug-likeness (QED) is 0.490. The fraction of sp³-hybridized carbons (Fsp3) is 0.240. The van der Waals surface area contributed by atoms with E-state index in [2.05, 4.69) is 14.9 Å². The van der Waals surface area contributed by atoms with Gasteiger partial charge in [-0.15, -0.1) is 0 Å². The number of methoxy groups -OCH3 is 2. The van der Waals surface area contributed by atoms with E-state index in [0.717, 1.165) is 18.8 Å². The SMILES string of the molecule is COc1ccc(OC)c(NS(=O)(=O)c2ccc(NC(=O)c3ccc(N4CCOCC4)cc3)cc2)c1. The van der Waals surface area contributed by atoms with E-state index < -0.39 is 10.0 Å². The van der Waals surface area contributed by atoms with Crippen LogP contribution in [0.15, 0.2) is 71.6 Å². The van der Waals surface area contributed by atoms with Gasteiger partial charge in [-0.2, -0.15) is 0 Å². The van der Waals surface area contributed by atoms with Crippen LogP contribution >= 0.6 is 0 Å². The van der Waals surface area contributed by atoms with Crippen molar-refractivity contribution in [1.82, 2.24) is 0 Å². The number of morpholine rings is 1. The molecule has 4 rings (SSSR count). The van der Waals surface area contributed by atoms with Gasteiger partial charge in [0, 0.05) is 36.1 Å². The molecule has 35 heavy (non-hydrogen) atoms. The van der Waals surface area contributed by atoms with Crippen molar-refractivity contribution < 1.29 is 27.4 Å². The average Bonchev–Trinajstić information content (AvgIpc) is 2.89. The molecule has 0 atom stereocenters. The van der Waals surface area contributed by atoms with Crippen LogP contribution in [-0.2, 0) is 14.8 Å². The molecule has 0 saturated carbocycles. The second-order valence-electron chi connectivity index (χ2n) is 7.80. The number of ether oxygens (including phenoxy) is 3. The van der Waals surface area contributed by atoms with E-state index in [1.54, 1.807) is 24.3 Å². The normalized spacial score (nSPS) is 13.7. The van der Waals surface area contributed by atoms with E-state index in [-0.39, 0.29) is 16.5 Å². The van der Waals surface area contributed by atoms with Crippen LogP contribution in [0.2, 0.25) is 0 Å². The molecule has 0 bridgehead atoms. The highest BCUT2D eigenvalue weighted by Crippen LogP contribution is 2.31. The fourth-order valence-corrected chi connectivity index (χ4v) is 4.72. The Hall–Kier alpha value is -3.76. The van der Waals surface area contributed by atoms with Gasteiger partial charge in [-0.05, 0) is 60.7 Å². The lowest BCUT2D eigenvalue weighted by atomic mass is 10.1. The second-order valence-corrected chi connectivity index (χ2v) is 9.48. The predicted octanol–water partition coefficient (Wildman–Crippen LogP) is 3.59. The molecule has 1 aliphatic heterocycles. The van der Waals surface area contributed by atoms with Gasteiger partial charge in [0.2, 0.25) is 0 Å². The summed E-state index contributed by atoms with van der Waals surface area (Å²) in [5.74, 6) is 0.561. The molecule has 1 aliphatic rings. The number of hydrogen-bond acceptors (Lipinski definition) is 7. The van der Waals surface area contributed by atoms with Crippen LogP contribution in [0, 0.1) is 0 Å². The van der Waals surface area contributed by atoms with Gasteiger partial charge in [-0.25, -0.2) is 8.42 Å². The van der Waals surface area contributed by atoms with Gasteiger partial charge in [0.1, 0.15) is 11.5 Å². The summed E-state index contributed by atoms with van der Waals surface area (Å²) in [5.41, 5.74) is 2.28. The summed E-state index contributed by atoms with van der Waals surface area (Å²) in [5, 5.41) is 2.79. The summed E-state index contributed by atoms with van der Waals surface area (Å²) >= 11 is 0. The van der Waals surface area contributed by atoms with Crippen molar-refractivity contribution in [2.75, 3.05) is 55.5 Å². The van der Waals surface area contributed by atoms with E-state index in [1.807, 2.05) is 12.1 Å². The van der Waals surface area contributed by atoms with E-state index in [4.69, 9.17) is 14.2 Å². The van der Waals surface area contributed by atoms with E-state index in [0.29, 0.717) is 36.0 Å². The van der Waals surface area contributed by atoms with E-state index >= 15 is 0 Å². The molecule has 1 saturated heterocycles. The minimum atomic E-state index is -3.90. The maximum atomic E-state index is 12.9. The molecule has 0 radical (unpaired) electrons. The Kier molecular flexibility index (Phi) is 7.42. The van der Waals surface area contributed by atoms with Crippen molar-refractivity contribution in [1.29, 1.82) is 0 Å². The third-order valence-corrected chi connectivity index (χ3v) is 6.96. The molecule has 184 valence electrons. The van der Waals surface area contributed by atoms with Crippen LogP contribution in [0.25, 0.3) is 0 Å². The summed E-state index contributed by atoms with van der Waals surface area (Å²) in [6.07, 6.45) is 0. The number of carbonyl (C=O) groups is 1. The van der Waals surface area contributed by atoms with Crippen LogP contribution < -0.4 is 24.4 Å². The molecule has 10 heteroatoms. The summed E-state index contributed by atoms with van der Waals surface area (Å²) in [4.78, 5) is 14.9. The summed E-state index contributed by atoms with van der Waals surface area (Å²) in [6, 6.07) is 18.1. The zero-order valence-electron chi connectivity index (χ0n) is 19.5. The Labute approximate surface area is 204 Å². The molecule has 3 aromatic rings. The van der Waals surface area contributed by atoms with Crippen molar-refractivity contribution in [2.45, 2.75) is 4.90 Å². The van der Waals surface area contributed by atoms with Crippen LogP contribution in [0.3, 0.4) is 0 Å². The Bertz CT molecular complexity index is 1270. The molecule has 0 spiro atoms. The van der Waals surface area contributed by atoms with Gasteiger partial charge in [-0.3, -0.25) is 9.52 Å². The van der Waals surface area contributed by atoms with E-state index in [1.165, 1.54) is 44.6 Å². The van der Waals surface area contributed by atoms with Crippen LogP contribution in [0.1, 0.15) is 10.4 Å². The highest BCUT2D eigenvalue weighted by atomic mass is 32.2. The van der Waals surface area contributed by atoms with Crippen molar-refractivity contribution in [2.24, 2.45) is 0 Å². The molecule has 1 amide bonds. The lowest BCUT2D eigenvalue weighted by molar-refractivity contribution is 0.102. The lowest BCUT2D eigenvalue weighted by Crippen LogP contribution is -2.36. The smallest absolute Gasteiger partial charge is 0.262 e. The Morgan fingerprint density at radius 3 is 2.23 bits per heavy atom. The topological polar surface area (TPSA) is 106 Å². The number of amides is 1. The molecule has 2 N–H and O–H groups in total. The first-order chi connectivity index (χ1) is 16.9. The highest BCUT2D eigenvalue weighted by Gasteiger charge is 2.18. The number of carbonyl (C=O) groups excluding carboxylic acids is 1. The summed E-state index contributed by atoms with van der Waals surface area (Å²) in [6.45, 7) is 3.02. The first-order valence-electron chi connectivity index (χ1n) is 11.0. The molecule has 1 heterocycles. The molecule has 3 aromatic carbocycles. The van der Waals surface area contributed by atoms with E-state index in [9.17, 15) is 13.2 Å². The van der Waals surface area contributed by atoms with Gasteiger partial charge in [0.15, 0.2) is 0 Å². The van der Waals surface area contributed by atoms with Crippen LogP contribution in [0.4, 0.5) is 17.1 Å². The Morgan fingerprint density at radius 1 is 0.914 bits per heavy atom. The van der Waals surface area contributed by atoms with Gasteiger partial charge >= 0.3 is 0 Å². The van der Waals surface area contributed by atoms with Gasteiger partial charge in [-0.1, -0.05) is 0 Å². The zero-order chi connectivity index (χ0) is 24.8.